The van der Waals surface area contributed by atoms with Crippen LogP contribution in [0.4, 0.5) is 11.4 Å². The second-order valence-corrected chi connectivity index (χ2v) is 8.27. The number of aliphatic imine (C=N–C) groups is 2. The van der Waals surface area contributed by atoms with Crippen molar-refractivity contribution in [3.63, 3.8) is 0 Å². The van der Waals surface area contributed by atoms with Crippen molar-refractivity contribution < 1.29 is 0 Å². The molecule has 160 valence electrons. The van der Waals surface area contributed by atoms with Crippen molar-refractivity contribution in [1.29, 1.82) is 0 Å². The second kappa shape index (κ2) is 9.34. The van der Waals surface area contributed by atoms with Crippen LogP contribution in [0.2, 0.25) is 0 Å². The Labute approximate surface area is 186 Å². The van der Waals surface area contributed by atoms with Gasteiger partial charge in [-0.15, -0.1) is 0 Å². The van der Waals surface area contributed by atoms with E-state index in [0.717, 1.165) is 50.7 Å². The fraction of sp³-hybridized carbons (Fsp3) is 0.333. The summed E-state index contributed by atoms with van der Waals surface area (Å²) in [6, 6.07) is 5.95. The van der Waals surface area contributed by atoms with E-state index in [9.17, 15) is 0 Å². The quantitative estimate of drug-likeness (QED) is 0.437. The predicted molar refractivity (Wildman–Crippen MR) is 132 cm³/mol. The van der Waals surface area contributed by atoms with Crippen molar-refractivity contribution >= 4 is 23.3 Å². The van der Waals surface area contributed by atoms with Gasteiger partial charge in [-0.25, -0.2) is 0 Å². The molecule has 0 N–H and O–H groups in total. The van der Waals surface area contributed by atoms with Crippen LogP contribution in [0.15, 0.2) is 40.6 Å². The highest BCUT2D eigenvalue weighted by atomic mass is 14.8. The van der Waals surface area contributed by atoms with E-state index in [1.807, 2.05) is 43.7 Å². The van der Waals surface area contributed by atoms with Crippen molar-refractivity contribution in [3.05, 3.63) is 80.9 Å². The van der Waals surface area contributed by atoms with E-state index in [2.05, 4.69) is 58.4 Å². The summed E-state index contributed by atoms with van der Waals surface area (Å²) in [5.74, 6) is 0. The van der Waals surface area contributed by atoms with Crippen LogP contribution in [0, 0.1) is 48.5 Å². The number of benzene rings is 1. The standard InChI is InChI=1S/C27H32N4/c1-16-15-30-27(18(3)17(16)2)23(8)31-26-21(6)19(4)25(20(5)22(26)7)29-14-12-24-11-9-10-13-28-24/h9-11,13-15H,12H2,1-8H3. The Morgan fingerprint density at radius 3 is 2.06 bits per heavy atom. The third-order valence-corrected chi connectivity index (χ3v) is 6.31. The maximum Gasteiger partial charge on any atom is 0.0873 e. The Hall–Kier alpha value is -3.14. The Kier molecular flexibility index (Phi) is 6.79. The molecule has 0 radical (unpaired) electrons. The number of pyridine rings is 2. The minimum Gasteiger partial charge on any atom is -0.261 e. The van der Waals surface area contributed by atoms with E-state index in [4.69, 9.17) is 9.98 Å². The van der Waals surface area contributed by atoms with E-state index >= 15 is 0 Å². The van der Waals surface area contributed by atoms with Gasteiger partial charge in [-0.05, 0) is 106 Å². The largest absolute Gasteiger partial charge is 0.261 e. The molecule has 4 heteroatoms. The Balaban J connectivity index is 2.00. The van der Waals surface area contributed by atoms with Crippen LogP contribution >= 0.6 is 0 Å². The van der Waals surface area contributed by atoms with Crippen LogP contribution in [0.5, 0.6) is 0 Å². The Bertz CT molecular complexity index is 1140. The topological polar surface area (TPSA) is 50.5 Å². The van der Waals surface area contributed by atoms with Crippen LogP contribution in [-0.2, 0) is 6.42 Å². The van der Waals surface area contributed by atoms with Crippen LogP contribution in [0.1, 0.15) is 57.3 Å². The highest BCUT2D eigenvalue weighted by Crippen LogP contribution is 2.38. The summed E-state index contributed by atoms with van der Waals surface area (Å²) in [5, 5.41) is 0. The molecule has 2 aromatic heterocycles. The van der Waals surface area contributed by atoms with Gasteiger partial charge in [-0.2, -0.15) is 0 Å². The van der Waals surface area contributed by atoms with Crippen molar-refractivity contribution in [2.24, 2.45) is 9.98 Å². The smallest absolute Gasteiger partial charge is 0.0873 e. The molecule has 0 aliphatic rings. The number of rotatable bonds is 5. The first kappa shape index (κ1) is 22.5. The van der Waals surface area contributed by atoms with Gasteiger partial charge in [0.1, 0.15) is 0 Å². The summed E-state index contributed by atoms with van der Waals surface area (Å²) in [5.41, 5.74) is 13.3. The van der Waals surface area contributed by atoms with Gasteiger partial charge in [0.05, 0.1) is 22.8 Å². The zero-order chi connectivity index (χ0) is 22.7. The Morgan fingerprint density at radius 1 is 0.806 bits per heavy atom. The zero-order valence-corrected chi connectivity index (χ0v) is 20.0. The monoisotopic (exact) mass is 412 g/mol. The molecule has 0 saturated heterocycles. The maximum atomic E-state index is 5.04. The van der Waals surface area contributed by atoms with Crippen LogP contribution in [0.3, 0.4) is 0 Å². The SMILES string of the molecule is CC(=Nc1c(C)c(C)c(N=CCc2ccccn2)c(C)c1C)c1ncc(C)c(C)c1C. The number of nitrogens with zero attached hydrogens (tertiary/aromatic N) is 4. The van der Waals surface area contributed by atoms with Crippen molar-refractivity contribution in [2.45, 2.75) is 61.8 Å². The van der Waals surface area contributed by atoms with E-state index in [1.54, 1.807) is 0 Å². The van der Waals surface area contributed by atoms with Gasteiger partial charge in [-0.3, -0.25) is 20.0 Å². The molecule has 0 fully saturated rings. The van der Waals surface area contributed by atoms with Crippen molar-refractivity contribution in [1.82, 2.24) is 9.97 Å². The summed E-state index contributed by atoms with van der Waals surface area (Å²) in [6.45, 7) is 16.9. The molecular weight excluding hydrogens is 380 g/mol. The van der Waals surface area contributed by atoms with Crippen molar-refractivity contribution in [3.8, 4) is 0 Å². The summed E-state index contributed by atoms with van der Waals surface area (Å²) >= 11 is 0. The fourth-order valence-electron chi connectivity index (χ4n) is 3.80. The summed E-state index contributed by atoms with van der Waals surface area (Å²) < 4.78 is 0. The van der Waals surface area contributed by atoms with Gasteiger partial charge in [-0.1, -0.05) is 6.07 Å². The van der Waals surface area contributed by atoms with Gasteiger partial charge in [0.2, 0.25) is 0 Å². The molecule has 0 aliphatic carbocycles. The summed E-state index contributed by atoms with van der Waals surface area (Å²) in [6.07, 6.45) is 6.42. The molecule has 4 nitrogen and oxygen atoms in total. The average molecular weight is 413 g/mol. The minimum atomic E-state index is 0.717. The molecule has 0 saturated carbocycles. The number of hydrogen-bond donors (Lipinski definition) is 0. The fourth-order valence-corrected chi connectivity index (χ4v) is 3.80. The van der Waals surface area contributed by atoms with E-state index in [1.165, 1.54) is 16.7 Å². The number of aryl methyl sites for hydroxylation is 1. The minimum absolute atomic E-state index is 0.717. The van der Waals surface area contributed by atoms with Gasteiger partial charge < -0.3 is 0 Å². The lowest BCUT2D eigenvalue weighted by Crippen LogP contribution is -2.05. The number of hydrogen-bond acceptors (Lipinski definition) is 4. The lowest BCUT2D eigenvalue weighted by molar-refractivity contribution is 1.13. The molecule has 31 heavy (non-hydrogen) atoms. The first-order chi connectivity index (χ1) is 14.7. The molecule has 0 unspecified atom stereocenters. The molecule has 0 bridgehead atoms. The van der Waals surface area contributed by atoms with Gasteiger partial charge in [0.25, 0.3) is 0 Å². The average Bonchev–Trinajstić information content (AvgIpc) is 2.76. The lowest BCUT2D eigenvalue weighted by atomic mass is 9.96. The maximum absolute atomic E-state index is 5.04. The molecule has 0 atom stereocenters. The molecule has 0 amide bonds. The second-order valence-electron chi connectivity index (χ2n) is 8.27. The van der Waals surface area contributed by atoms with E-state index in [0.29, 0.717) is 6.42 Å². The summed E-state index contributed by atoms with van der Waals surface area (Å²) in [4.78, 5) is 18.9. The highest BCUT2D eigenvalue weighted by molar-refractivity contribution is 6.00. The van der Waals surface area contributed by atoms with Crippen LogP contribution in [-0.4, -0.2) is 21.9 Å². The van der Waals surface area contributed by atoms with Gasteiger partial charge in [0.15, 0.2) is 0 Å². The van der Waals surface area contributed by atoms with Gasteiger partial charge >= 0.3 is 0 Å². The molecular formula is C27H32N4. The first-order valence-electron chi connectivity index (χ1n) is 10.7. The molecule has 3 rings (SSSR count). The predicted octanol–water partition coefficient (Wildman–Crippen LogP) is 6.72. The normalized spacial score (nSPS) is 12.1. The molecule has 1 aromatic carbocycles. The molecule has 3 aromatic rings. The highest BCUT2D eigenvalue weighted by Gasteiger charge is 2.15. The van der Waals surface area contributed by atoms with Crippen LogP contribution < -0.4 is 0 Å². The lowest BCUT2D eigenvalue weighted by Gasteiger charge is -2.17. The van der Waals surface area contributed by atoms with Crippen LogP contribution in [0.25, 0.3) is 0 Å². The molecule has 0 spiro atoms. The summed E-state index contributed by atoms with van der Waals surface area (Å²) in [7, 11) is 0. The van der Waals surface area contributed by atoms with E-state index in [-0.39, 0.29) is 0 Å². The van der Waals surface area contributed by atoms with Gasteiger partial charge in [0, 0.05) is 30.7 Å². The first-order valence-corrected chi connectivity index (χ1v) is 10.7. The molecule has 0 aliphatic heterocycles. The van der Waals surface area contributed by atoms with Crippen molar-refractivity contribution in [2.75, 3.05) is 0 Å². The number of aromatic nitrogens is 2. The Morgan fingerprint density at radius 2 is 1.45 bits per heavy atom. The third-order valence-electron chi connectivity index (χ3n) is 6.31. The molecule has 2 heterocycles. The van der Waals surface area contributed by atoms with E-state index < -0.39 is 0 Å². The third kappa shape index (κ3) is 4.63. The zero-order valence-electron chi connectivity index (χ0n) is 20.0.